The van der Waals surface area contributed by atoms with Gasteiger partial charge in [0.15, 0.2) is 5.78 Å². The molecule has 0 heterocycles. The molecule has 19 heavy (non-hydrogen) atoms. The van der Waals surface area contributed by atoms with Gasteiger partial charge in [-0.15, -0.1) is 0 Å². The van der Waals surface area contributed by atoms with Crippen molar-refractivity contribution < 1.29 is 18.0 Å². The first-order valence-corrected chi connectivity index (χ1v) is 7.00. The van der Waals surface area contributed by atoms with Crippen LogP contribution in [0.5, 0.6) is 0 Å². The molecule has 0 saturated carbocycles. The SMILES string of the molecule is CCCCC(=O)/C(I)=C/c1ccc(C(F)(F)F)cc1. The van der Waals surface area contributed by atoms with E-state index in [0.717, 1.165) is 25.0 Å². The lowest BCUT2D eigenvalue weighted by Crippen LogP contribution is -2.04. The monoisotopic (exact) mass is 382 g/mol. The molecular weight excluding hydrogens is 368 g/mol. The van der Waals surface area contributed by atoms with Gasteiger partial charge in [0.1, 0.15) is 0 Å². The third-order valence-corrected chi connectivity index (χ3v) is 3.47. The number of Topliss-reactive ketones (excluding diaryl/α,β-unsaturated/α-hetero) is 1. The molecule has 0 fully saturated rings. The molecule has 0 aliphatic heterocycles. The van der Waals surface area contributed by atoms with E-state index < -0.39 is 11.7 Å². The average molecular weight is 382 g/mol. The zero-order chi connectivity index (χ0) is 14.5. The summed E-state index contributed by atoms with van der Waals surface area (Å²) < 4.78 is 37.7. The molecule has 0 atom stereocenters. The highest BCUT2D eigenvalue weighted by atomic mass is 127. The molecule has 5 heteroatoms. The molecule has 0 radical (unpaired) electrons. The van der Waals surface area contributed by atoms with Crippen molar-refractivity contribution in [3.8, 4) is 0 Å². The van der Waals surface area contributed by atoms with Crippen LogP contribution in [0.25, 0.3) is 6.08 Å². The van der Waals surface area contributed by atoms with Crippen molar-refractivity contribution in [3.05, 3.63) is 39.0 Å². The Balaban J connectivity index is 2.79. The number of alkyl halides is 3. The Morgan fingerprint density at radius 1 is 1.26 bits per heavy atom. The van der Waals surface area contributed by atoms with Gasteiger partial charge >= 0.3 is 6.18 Å². The predicted octanol–water partition coefficient (Wildman–Crippen LogP) is 5.24. The number of halogens is 4. The van der Waals surface area contributed by atoms with E-state index >= 15 is 0 Å². The number of rotatable bonds is 5. The third kappa shape index (κ3) is 5.34. The number of allylic oxidation sites excluding steroid dienone is 1. The van der Waals surface area contributed by atoms with Crippen LogP contribution in [0.4, 0.5) is 13.2 Å². The first-order valence-electron chi connectivity index (χ1n) is 5.92. The maximum atomic E-state index is 12.4. The Kier molecular flexibility index (Phi) is 6.03. The summed E-state index contributed by atoms with van der Waals surface area (Å²) in [4.78, 5) is 11.7. The lowest BCUT2D eigenvalue weighted by atomic mass is 10.1. The second-order valence-corrected chi connectivity index (χ2v) is 5.30. The molecular formula is C14H14F3IO. The lowest BCUT2D eigenvalue weighted by molar-refractivity contribution is -0.137. The Morgan fingerprint density at radius 2 is 1.84 bits per heavy atom. The molecule has 0 amide bonds. The topological polar surface area (TPSA) is 17.1 Å². The molecule has 1 nitrogen and oxygen atoms in total. The fraction of sp³-hybridized carbons (Fsp3) is 0.357. The molecule has 104 valence electrons. The van der Waals surface area contributed by atoms with E-state index in [1.165, 1.54) is 12.1 Å². The number of ketones is 1. The highest BCUT2D eigenvalue weighted by Gasteiger charge is 2.29. The maximum absolute atomic E-state index is 12.4. The summed E-state index contributed by atoms with van der Waals surface area (Å²) in [6, 6.07) is 4.78. The van der Waals surface area contributed by atoms with E-state index in [1.807, 2.05) is 29.5 Å². The van der Waals surface area contributed by atoms with Crippen molar-refractivity contribution in [1.82, 2.24) is 0 Å². The van der Waals surface area contributed by atoms with Gasteiger partial charge in [0.05, 0.1) is 9.14 Å². The van der Waals surface area contributed by atoms with Crippen molar-refractivity contribution in [1.29, 1.82) is 0 Å². The number of carbonyl (C=O) groups is 1. The maximum Gasteiger partial charge on any atom is 0.416 e. The van der Waals surface area contributed by atoms with Crippen molar-refractivity contribution in [2.75, 3.05) is 0 Å². The van der Waals surface area contributed by atoms with Gasteiger partial charge in [-0.1, -0.05) is 25.5 Å². The van der Waals surface area contributed by atoms with Gasteiger partial charge in [-0.05, 0) is 52.8 Å². The summed E-state index contributed by atoms with van der Waals surface area (Å²) in [5.41, 5.74) is -0.0841. The van der Waals surface area contributed by atoms with Gasteiger partial charge in [0, 0.05) is 6.42 Å². The van der Waals surface area contributed by atoms with Crippen LogP contribution >= 0.6 is 22.6 Å². The Hall–Kier alpha value is -0.850. The van der Waals surface area contributed by atoms with E-state index in [4.69, 9.17) is 0 Å². The van der Waals surface area contributed by atoms with Crippen molar-refractivity contribution in [2.45, 2.75) is 32.4 Å². The first-order chi connectivity index (χ1) is 8.84. The van der Waals surface area contributed by atoms with Gasteiger partial charge in [0.25, 0.3) is 0 Å². The van der Waals surface area contributed by atoms with Crippen molar-refractivity contribution in [2.24, 2.45) is 0 Å². The second kappa shape index (κ2) is 7.07. The summed E-state index contributed by atoms with van der Waals surface area (Å²) in [7, 11) is 0. The molecule has 0 saturated heterocycles. The first kappa shape index (κ1) is 16.2. The second-order valence-electron chi connectivity index (χ2n) is 4.14. The normalized spacial score (nSPS) is 12.6. The zero-order valence-electron chi connectivity index (χ0n) is 10.4. The van der Waals surface area contributed by atoms with Gasteiger partial charge < -0.3 is 0 Å². The highest BCUT2D eigenvalue weighted by molar-refractivity contribution is 14.1. The van der Waals surface area contributed by atoms with Crippen LogP contribution in [0.3, 0.4) is 0 Å². The van der Waals surface area contributed by atoms with Gasteiger partial charge in [-0.3, -0.25) is 4.79 Å². The molecule has 0 aliphatic carbocycles. The van der Waals surface area contributed by atoms with Crippen LogP contribution in [0.15, 0.2) is 27.8 Å². The van der Waals surface area contributed by atoms with Crippen LogP contribution in [0.1, 0.15) is 37.3 Å². The minimum atomic E-state index is -4.33. The van der Waals surface area contributed by atoms with E-state index in [2.05, 4.69) is 0 Å². The smallest absolute Gasteiger partial charge is 0.294 e. The Labute approximate surface area is 124 Å². The van der Waals surface area contributed by atoms with Gasteiger partial charge in [-0.2, -0.15) is 13.2 Å². The summed E-state index contributed by atoms with van der Waals surface area (Å²) >= 11 is 1.92. The van der Waals surface area contributed by atoms with Crippen LogP contribution in [0.2, 0.25) is 0 Å². The molecule has 0 bridgehead atoms. The van der Waals surface area contributed by atoms with Gasteiger partial charge in [0.2, 0.25) is 0 Å². The van der Waals surface area contributed by atoms with Crippen LogP contribution in [-0.2, 0) is 11.0 Å². The predicted molar refractivity (Wildman–Crippen MR) is 78.0 cm³/mol. The van der Waals surface area contributed by atoms with E-state index in [0.29, 0.717) is 15.6 Å². The molecule has 0 aliphatic rings. The molecule has 1 rings (SSSR count). The quantitative estimate of drug-likeness (QED) is 0.503. The summed E-state index contributed by atoms with van der Waals surface area (Å²) in [5.74, 6) is 0.0300. The molecule has 0 spiro atoms. The standard InChI is InChI=1S/C14H14F3IO/c1-2-3-4-13(19)12(18)9-10-5-7-11(8-6-10)14(15,16)17/h5-9H,2-4H2,1H3/b12-9-. The number of carbonyl (C=O) groups excluding carboxylic acids is 1. The average Bonchev–Trinajstić information content (AvgIpc) is 2.35. The minimum absolute atomic E-state index is 0.0300. The molecule has 0 N–H and O–H groups in total. The Morgan fingerprint density at radius 3 is 2.32 bits per heavy atom. The summed E-state index contributed by atoms with van der Waals surface area (Å²) in [6.45, 7) is 2.00. The number of unbranched alkanes of at least 4 members (excludes halogenated alkanes) is 1. The Bertz CT molecular complexity index is 461. The van der Waals surface area contributed by atoms with Crippen LogP contribution in [-0.4, -0.2) is 5.78 Å². The van der Waals surface area contributed by atoms with Gasteiger partial charge in [-0.25, -0.2) is 0 Å². The fourth-order valence-corrected chi connectivity index (χ4v) is 2.08. The van der Waals surface area contributed by atoms with E-state index in [9.17, 15) is 18.0 Å². The van der Waals surface area contributed by atoms with Crippen LogP contribution < -0.4 is 0 Å². The third-order valence-electron chi connectivity index (χ3n) is 2.56. The van der Waals surface area contributed by atoms with Crippen molar-refractivity contribution >= 4 is 34.5 Å². The molecule has 0 aromatic heterocycles. The number of benzene rings is 1. The van der Waals surface area contributed by atoms with Crippen LogP contribution in [0, 0.1) is 0 Å². The molecule has 1 aromatic rings. The summed E-state index contributed by atoms with van der Waals surface area (Å²) in [6.07, 6.45) is -0.473. The molecule has 1 aromatic carbocycles. The fourth-order valence-electron chi connectivity index (χ4n) is 1.45. The minimum Gasteiger partial charge on any atom is -0.294 e. The zero-order valence-corrected chi connectivity index (χ0v) is 12.6. The largest absolute Gasteiger partial charge is 0.416 e. The summed E-state index contributed by atoms with van der Waals surface area (Å²) in [5, 5.41) is 0. The number of hydrogen-bond donors (Lipinski definition) is 0. The van der Waals surface area contributed by atoms with E-state index in [1.54, 1.807) is 6.08 Å². The van der Waals surface area contributed by atoms with E-state index in [-0.39, 0.29) is 5.78 Å². The number of hydrogen-bond acceptors (Lipinski definition) is 1. The lowest BCUT2D eigenvalue weighted by Gasteiger charge is -2.06. The highest BCUT2D eigenvalue weighted by Crippen LogP contribution is 2.29. The van der Waals surface area contributed by atoms with Crippen molar-refractivity contribution in [3.63, 3.8) is 0 Å². The molecule has 0 unspecified atom stereocenters.